The van der Waals surface area contributed by atoms with Gasteiger partial charge in [0, 0.05) is 5.02 Å². The average Bonchev–Trinajstić information content (AvgIpc) is 2.12. The molecule has 0 heterocycles. The van der Waals surface area contributed by atoms with Crippen LogP contribution in [0.25, 0.3) is 0 Å². The molecule has 0 aliphatic carbocycles. The molecule has 0 saturated carbocycles. The second-order valence-electron chi connectivity index (χ2n) is 3.27. The molecule has 0 unspecified atom stereocenters. The molecule has 0 aliphatic rings. The number of rotatable bonds is 3. The molecule has 96 valence electrons. The van der Waals surface area contributed by atoms with E-state index in [0.717, 1.165) is 24.5 Å². The van der Waals surface area contributed by atoms with Crippen LogP contribution in [0.1, 0.15) is 11.1 Å². The zero-order valence-electron chi connectivity index (χ0n) is 8.58. The van der Waals surface area contributed by atoms with Crippen LogP contribution < -0.4 is 0 Å². The highest BCUT2D eigenvalue weighted by molar-refractivity contribution is 7.85. The van der Waals surface area contributed by atoms with Gasteiger partial charge in [-0.1, -0.05) is 17.7 Å². The summed E-state index contributed by atoms with van der Waals surface area (Å²) in [5.41, 5.74) is -0.726. The summed E-state index contributed by atoms with van der Waals surface area (Å²) in [6.45, 7) is -0.393. The first-order chi connectivity index (χ1) is 7.59. The highest BCUT2D eigenvalue weighted by atomic mass is 35.5. The molecule has 0 radical (unpaired) electrons. The second kappa shape index (κ2) is 4.83. The molecule has 0 amide bonds. The molecule has 8 heteroatoms. The van der Waals surface area contributed by atoms with Crippen molar-refractivity contribution in [3.8, 4) is 0 Å². The summed E-state index contributed by atoms with van der Waals surface area (Å²) in [6, 6.07) is 2.62. The molecule has 0 aromatic heterocycles. The fraction of sp³-hybridized carbons (Fsp3) is 0.333. The minimum atomic E-state index is -4.49. The van der Waals surface area contributed by atoms with Crippen molar-refractivity contribution in [3.63, 3.8) is 0 Å². The van der Waals surface area contributed by atoms with E-state index >= 15 is 0 Å². The van der Waals surface area contributed by atoms with Crippen molar-refractivity contribution in [3.05, 3.63) is 34.3 Å². The molecule has 0 spiro atoms. The second-order valence-corrected chi connectivity index (χ2v) is 5.32. The summed E-state index contributed by atoms with van der Waals surface area (Å²) < 4.78 is 62.7. The van der Waals surface area contributed by atoms with E-state index in [1.807, 2.05) is 0 Å². The van der Waals surface area contributed by atoms with Crippen molar-refractivity contribution in [1.29, 1.82) is 0 Å². The van der Waals surface area contributed by atoms with Crippen molar-refractivity contribution in [1.82, 2.24) is 0 Å². The van der Waals surface area contributed by atoms with Gasteiger partial charge in [0.05, 0.1) is 18.4 Å². The molecule has 1 rings (SSSR count). The maximum absolute atomic E-state index is 12.3. The smallest absolute Gasteiger partial charge is 0.265 e. The Kier molecular flexibility index (Phi) is 4.06. The van der Waals surface area contributed by atoms with Crippen molar-refractivity contribution < 1.29 is 25.8 Å². The summed E-state index contributed by atoms with van der Waals surface area (Å²) >= 11 is 5.59. The molecule has 1 aromatic rings. The monoisotopic (exact) mass is 288 g/mol. The Balaban J connectivity index is 2.91. The highest BCUT2D eigenvalue weighted by Crippen LogP contribution is 2.32. The molecule has 17 heavy (non-hydrogen) atoms. The van der Waals surface area contributed by atoms with Crippen LogP contribution >= 0.6 is 11.6 Å². The lowest BCUT2D eigenvalue weighted by Gasteiger charge is -2.09. The van der Waals surface area contributed by atoms with Crippen molar-refractivity contribution in [2.45, 2.75) is 12.8 Å². The van der Waals surface area contributed by atoms with Gasteiger partial charge in [0.1, 0.15) is 0 Å². The normalized spacial score (nSPS) is 12.8. The Morgan fingerprint density at radius 2 is 1.94 bits per heavy atom. The average molecular weight is 289 g/mol. The standard InChI is InChI=1S/C9H8ClF3O3S/c1-17(14,15)16-5-6-2-3-7(4-8(6)10)9(11,12)13/h2-4H,5H2,1H3. The Hall–Kier alpha value is -0.790. The van der Waals surface area contributed by atoms with Crippen molar-refractivity contribution in [2.75, 3.05) is 6.26 Å². The largest absolute Gasteiger partial charge is 0.416 e. The first-order valence-electron chi connectivity index (χ1n) is 4.29. The van der Waals surface area contributed by atoms with Gasteiger partial charge in [-0.3, -0.25) is 4.18 Å². The lowest BCUT2D eigenvalue weighted by Crippen LogP contribution is -2.06. The van der Waals surface area contributed by atoms with Crippen LogP contribution in [-0.2, 0) is 27.1 Å². The molecule has 3 nitrogen and oxygen atoms in total. The number of halogens is 4. The minimum Gasteiger partial charge on any atom is -0.265 e. The van der Waals surface area contributed by atoms with Gasteiger partial charge in [-0.2, -0.15) is 21.6 Å². The zero-order chi connectivity index (χ0) is 13.3. The molecule has 0 aliphatic heterocycles. The van der Waals surface area contributed by atoms with Crippen LogP contribution in [0.4, 0.5) is 13.2 Å². The minimum absolute atomic E-state index is 0.171. The Morgan fingerprint density at radius 3 is 2.35 bits per heavy atom. The van der Waals surface area contributed by atoms with Crippen LogP contribution in [0.3, 0.4) is 0 Å². The summed E-state index contributed by atoms with van der Waals surface area (Å²) in [4.78, 5) is 0. The fourth-order valence-electron chi connectivity index (χ4n) is 1.01. The lowest BCUT2D eigenvalue weighted by molar-refractivity contribution is -0.137. The van der Waals surface area contributed by atoms with E-state index in [9.17, 15) is 21.6 Å². The zero-order valence-corrected chi connectivity index (χ0v) is 10.2. The predicted octanol–water partition coefficient (Wildman–Crippen LogP) is 2.84. The summed E-state index contributed by atoms with van der Waals surface area (Å²) in [5.74, 6) is 0. The third kappa shape index (κ3) is 4.53. The quantitative estimate of drug-likeness (QED) is 0.803. The summed E-state index contributed by atoms with van der Waals surface area (Å²) in [5, 5.41) is -0.191. The van der Waals surface area contributed by atoms with E-state index < -0.39 is 28.5 Å². The van der Waals surface area contributed by atoms with Gasteiger partial charge >= 0.3 is 6.18 Å². The van der Waals surface area contributed by atoms with E-state index in [2.05, 4.69) is 4.18 Å². The van der Waals surface area contributed by atoms with E-state index in [1.165, 1.54) is 0 Å². The summed E-state index contributed by atoms with van der Waals surface area (Å²) in [7, 11) is -3.66. The number of benzene rings is 1. The van der Waals surface area contributed by atoms with E-state index in [-0.39, 0.29) is 10.6 Å². The van der Waals surface area contributed by atoms with E-state index in [0.29, 0.717) is 0 Å². The molecule has 0 bridgehead atoms. The van der Waals surface area contributed by atoms with E-state index in [4.69, 9.17) is 11.6 Å². The molecule has 1 aromatic carbocycles. The topological polar surface area (TPSA) is 43.4 Å². The maximum Gasteiger partial charge on any atom is 0.416 e. The van der Waals surface area contributed by atoms with Crippen LogP contribution in [0.2, 0.25) is 5.02 Å². The van der Waals surface area contributed by atoms with Gasteiger partial charge in [-0.15, -0.1) is 0 Å². The van der Waals surface area contributed by atoms with Gasteiger partial charge in [0.2, 0.25) is 0 Å². The fourth-order valence-corrected chi connectivity index (χ4v) is 1.59. The molecular formula is C9H8ClF3O3S. The predicted molar refractivity (Wildman–Crippen MR) is 56.1 cm³/mol. The van der Waals surface area contributed by atoms with Crippen LogP contribution in [-0.4, -0.2) is 14.7 Å². The Bertz CT molecular complexity index is 511. The third-order valence-electron chi connectivity index (χ3n) is 1.81. The van der Waals surface area contributed by atoms with Crippen LogP contribution in [0.15, 0.2) is 18.2 Å². The maximum atomic E-state index is 12.3. The first kappa shape index (κ1) is 14.3. The van der Waals surface area contributed by atoms with Crippen molar-refractivity contribution >= 4 is 21.7 Å². The number of alkyl halides is 3. The number of hydrogen-bond donors (Lipinski definition) is 0. The van der Waals surface area contributed by atoms with Gasteiger partial charge in [0.15, 0.2) is 0 Å². The van der Waals surface area contributed by atoms with Crippen molar-refractivity contribution in [2.24, 2.45) is 0 Å². The van der Waals surface area contributed by atoms with E-state index in [1.54, 1.807) is 0 Å². The Morgan fingerprint density at radius 1 is 1.35 bits per heavy atom. The van der Waals surface area contributed by atoms with Crippen LogP contribution in [0, 0.1) is 0 Å². The van der Waals surface area contributed by atoms with Crippen LogP contribution in [0.5, 0.6) is 0 Å². The first-order valence-corrected chi connectivity index (χ1v) is 6.49. The SMILES string of the molecule is CS(=O)(=O)OCc1ccc(C(F)(F)F)cc1Cl. The third-order valence-corrected chi connectivity index (χ3v) is 2.71. The lowest BCUT2D eigenvalue weighted by atomic mass is 10.1. The molecule has 0 fully saturated rings. The Labute approximate surface area is 101 Å². The highest BCUT2D eigenvalue weighted by Gasteiger charge is 2.30. The molecule has 0 N–H and O–H groups in total. The molecular weight excluding hydrogens is 281 g/mol. The molecule has 0 atom stereocenters. The van der Waals surface area contributed by atoms with Gasteiger partial charge in [-0.05, 0) is 17.7 Å². The summed E-state index contributed by atoms with van der Waals surface area (Å²) in [6.07, 6.45) is -3.65. The number of hydrogen-bond acceptors (Lipinski definition) is 3. The van der Waals surface area contributed by atoms with Gasteiger partial charge in [0.25, 0.3) is 10.1 Å². The molecule has 0 saturated heterocycles. The van der Waals surface area contributed by atoms with Gasteiger partial charge in [-0.25, -0.2) is 0 Å². The van der Waals surface area contributed by atoms with Gasteiger partial charge < -0.3 is 0 Å².